The largest absolute Gasteiger partial charge is 0.417 e. The standard InChI is InChI=1S/C15H20F3N3O/c16-15(17,18)12-3-4-14(19-9-12)21-7-5-20(6-8-21)10-13(22)11-1-2-11/h3-4,9,11,13,22H,1-2,5-8,10H2/t13-/m1/s1. The van der Waals surface area contributed by atoms with Crippen molar-refractivity contribution in [2.24, 2.45) is 5.92 Å². The number of rotatable bonds is 4. The molecule has 0 amide bonds. The van der Waals surface area contributed by atoms with Crippen molar-refractivity contribution >= 4 is 5.82 Å². The third kappa shape index (κ3) is 3.70. The highest BCUT2D eigenvalue weighted by Gasteiger charge is 2.32. The number of piperazine rings is 1. The molecule has 1 aromatic heterocycles. The van der Waals surface area contributed by atoms with Crippen molar-refractivity contribution in [1.82, 2.24) is 9.88 Å². The van der Waals surface area contributed by atoms with Gasteiger partial charge in [0.05, 0.1) is 11.7 Å². The van der Waals surface area contributed by atoms with E-state index in [4.69, 9.17) is 0 Å². The minimum atomic E-state index is -4.34. The van der Waals surface area contributed by atoms with Crippen LogP contribution in [0.15, 0.2) is 18.3 Å². The maximum absolute atomic E-state index is 12.5. The molecule has 4 nitrogen and oxygen atoms in total. The van der Waals surface area contributed by atoms with Crippen LogP contribution in [-0.4, -0.2) is 53.8 Å². The minimum absolute atomic E-state index is 0.240. The maximum Gasteiger partial charge on any atom is 0.417 e. The molecule has 2 aliphatic rings. The molecule has 2 heterocycles. The number of anilines is 1. The zero-order valence-corrected chi connectivity index (χ0v) is 12.3. The van der Waals surface area contributed by atoms with Crippen LogP contribution in [0.5, 0.6) is 0 Å². The Kier molecular flexibility index (Phi) is 4.27. The van der Waals surface area contributed by atoms with Crippen molar-refractivity contribution in [3.63, 3.8) is 0 Å². The summed E-state index contributed by atoms with van der Waals surface area (Å²) in [5.41, 5.74) is -0.720. The van der Waals surface area contributed by atoms with Crippen LogP contribution >= 0.6 is 0 Å². The lowest BCUT2D eigenvalue weighted by molar-refractivity contribution is -0.137. The first-order valence-corrected chi connectivity index (χ1v) is 7.62. The van der Waals surface area contributed by atoms with E-state index in [1.54, 1.807) is 0 Å². The highest BCUT2D eigenvalue weighted by molar-refractivity contribution is 5.40. The summed E-state index contributed by atoms with van der Waals surface area (Å²) in [4.78, 5) is 8.13. The average molecular weight is 315 g/mol. The molecule has 1 aliphatic carbocycles. The van der Waals surface area contributed by atoms with E-state index in [2.05, 4.69) is 9.88 Å². The molecule has 0 spiro atoms. The second-order valence-corrected chi connectivity index (χ2v) is 6.10. The fourth-order valence-corrected chi connectivity index (χ4v) is 2.79. The Morgan fingerprint density at radius 1 is 1.18 bits per heavy atom. The number of aromatic nitrogens is 1. The summed E-state index contributed by atoms with van der Waals surface area (Å²) in [6, 6.07) is 2.50. The first-order valence-electron chi connectivity index (χ1n) is 7.62. The highest BCUT2D eigenvalue weighted by atomic mass is 19.4. The molecular formula is C15H20F3N3O. The van der Waals surface area contributed by atoms with Crippen LogP contribution in [0.1, 0.15) is 18.4 Å². The van der Waals surface area contributed by atoms with E-state index in [0.717, 1.165) is 51.3 Å². The third-order valence-electron chi connectivity index (χ3n) is 4.38. The van der Waals surface area contributed by atoms with E-state index in [-0.39, 0.29) is 6.10 Å². The topological polar surface area (TPSA) is 39.6 Å². The summed E-state index contributed by atoms with van der Waals surface area (Å²) >= 11 is 0. The number of nitrogens with zero attached hydrogens (tertiary/aromatic N) is 3. The number of pyridine rings is 1. The van der Waals surface area contributed by atoms with Crippen LogP contribution in [-0.2, 0) is 6.18 Å². The minimum Gasteiger partial charge on any atom is -0.392 e. The van der Waals surface area contributed by atoms with Gasteiger partial charge in [0.1, 0.15) is 5.82 Å². The molecular weight excluding hydrogens is 295 g/mol. The average Bonchev–Trinajstić information content (AvgIpc) is 3.32. The molecule has 3 rings (SSSR count). The van der Waals surface area contributed by atoms with Gasteiger partial charge >= 0.3 is 6.18 Å². The maximum atomic E-state index is 12.5. The molecule has 0 unspecified atom stereocenters. The van der Waals surface area contributed by atoms with Gasteiger partial charge in [0.2, 0.25) is 0 Å². The lowest BCUT2D eigenvalue weighted by Crippen LogP contribution is -2.49. The number of hydrogen-bond donors (Lipinski definition) is 1. The van der Waals surface area contributed by atoms with Crippen LogP contribution in [0.2, 0.25) is 0 Å². The van der Waals surface area contributed by atoms with Gasteiger partial charge in [0.25, 0.3) is 0 Å². The summed E-state index contributed by atoms with van der Waals surface area (Å²) in [6.07, 6.45) is -1.45. The number of alkyl halides is 3. The second kappa shape index (κ2) is 6.04. The Balaban J connectivity index is 1.52. The first kappa shape index (κ1) is 15.6. The van der Waals surface area contributed by atoms with E-state index < -0.39 is 11.7 Å². The predicted octanol–water partition coefficient (Wildman–Crippen LogP) is 1.99. The van der Waals surface area contributed by atoms with Gasteiger partial charge in [-0.05, 0) is 30.9 Å². The van der Waals surface area contributed by atoms with Gasteiger partial charge in [0, 0.05) is 38.9 Å². The van der Waals surface area contributed by atoms with Crippen molar-refractivity contribution in [2.75, 3.05) is 37.6 Å². The lowest BCUT2D eigenvalue weighted by atomic mass is 10.2. The number of aliphatic hydroxyl groups excluding tert-OH is 1. The molecule has 1 aliphatic heterocycles. The van der Waals surface area contributed by atoms with Crippen molar-refractivity contribution in [3.05, 3.63) is 23.9 Å². The summed E-state index contributed by atoms with van der Waals surface area (Å²) in [5, 5.41) is 9.96. The van der Waals surface area contributed by atoms with Crippen molar-refractivity contribution < 1.29 is 18.3 Å². The lowest BCUT2D eigenvalue weighted by Gasteiger charge is -2.36. The number of aliphatic hydroxyl groups is 1. The van der Waals surface area contributed by atoms with E-state index in [9.17, 15) is 18.3 Å². The quantitative estimate of drug-likeness (QED) is 0.922. The van der Waals surface area contributed by atoms with E-state index in [0.29, 0.717) is 18.3 Å². The van der Waals surface area contributed by atoms with Gasteiger partial charge in [-0.25, -0.2) is 4.98 Å². The van der Waals surface area contributed by atoms with Gasteiger partial charge in [-0.15, -0.1) is 0 Å². The summed E-state index contributed by atoms with van der Waals surface area (Å²) in [5.74, 6) is 1.05. The van der Waals surface area contributed by atoms with Crippen molar-refractivity contribution in [3.8, 4) is 0 Å². The zero-order valence-electron chi connectivity index (χ0n) is 12.3. The zero-order chi connectivity index (χ0) is 15.7. The van der Waals surface area contributed by atoms with Crippen molar-refractivity contribution in [1.29, 1.82) is 0 Å². The number of halogens is 3. The monoisotopic (exact) mass is 315 g/mol. The Bertz CT molecular complexity index is 494. The Morgan fingerprint density at radius 2 is 1.86 bits per heavy atom. The second-order valence-electron chi connectivity index (χ2n) is 6.10. The van der Waals surface area contributed by atoms with Gasteiger partial charge in [-0.1, -0.05) is 0 Å². The Morgan fingerprint density at radius 3 is 2.36 bits per heavy atom. The molecule has 1 N–H and O–H groups in total. The van der Waals surface area contributed by atoms with Gasteiger partial charge in [-0.3, -0.25) is 4.90 Å². The highest BCUT2D eigenvalue weighted by Crippen LogP contribution is 2.33. The van der Waals surface area contributed by atoms with Gasteiger partial charge < -0.3 is 10.0 Å². The predicted molar refractivity (Wildman–Crippen MR) is 76.6 cm³/mol. The normalized spacial score (nSPS) is 21.9. The van der Waals surface area contributed by atoms with Crippen molar-refractivity contribution in [2.45, 2.75) is 25.1 Å². The summed E-state index contributed by atoms with van der Waals surface area (Å²) in [7, 11) is 0. The molecule has 1 atom stereocenters. The third-order valence-corrected chi connectivity index (χ3v) is 4.38. The number of β-amino-alcohol motifs (C(OH)–C–C–N with tert-alkyl or cyclic N) is 1. The Hall–Kier alpha value is -1.34. The van der Waals surface area contributed by atoms with Crippen LogP contribution in [0.3, 0.4) is 0 Å². The molecule has 0 bridgehead atoms. The fourth-order valence-electron chi connectivity index (χ4n) is 2.79. The molecule has 122 valence electrons. The van der Waals surface area contributed by atoms with Gasteiger partial charge in [-0.2, -0.15) is 13.2 Å². The Labute approximate surface area is 127 Å². The summed E-state index contributed by atoms with van der Waals surface area (Å²) in [6.45, 7) is 3.73. The number of hydrogen-bond acceptors (Lipinski definition) is 4. The molecule has 2 fully saturated rings. The van der Waals surface area contributed by atoms with Crippen LogP contribution in [0.4, 0.5) is 19.0 Å². The molecule has 1 saturated carbocycles. The van der Waals surface area contributed by atoms with E-state index >= 15 is 0 Å². The van der Waals surface area contributed by atoms with E-state index in [1.165, 1.54) is 6.07 Å². The molecule has 0 radical (unpaired) electrons. The molecule has 7 heteroatoms. The first-order chi connectivity index (χ1) is 10.4. The van der Waals surface area contributed by atoms with Crippen LogP contribution < -0.4 is 4.90 Å². The SMILES string of the molecule is O[C@H](CN1CCN(c2ccc(C(F)(F)F)cn2)CC1)C1CC1. The van der Waals surface area contributed by atoms with Gasteiger partial charge in [0.15, 0.2) is 0 Å². The van der Waals surface area contributed by atoms with Crippen LogP contribution in [0, 0.1) is 5.92 Å². The molecule has 1 aromatic rings. The fraction of sp³-hybridized carbons (Fsp3) is 0.667. The van der Waals surface area contributed by atoms with E-state index in [1.807, 2.05) is 4.90 Å². The van der Waals surface area contributed by atoms with Crippen LogP contribution in [0.25, 0.3) is 0 Å². The molecule has 22 heavy (non-hydrogen) atoms. The molecule has 1 saturated heterocycles. The summed E-state index contributed by atoms with van der Waals surface area (Å²) < 4.78 is 37.6. The molecule has 0 aromatic carbocycles. The smallest absolute Gasteiger partial charge is 0.392 e.